The van der Waals surface area contributed by atoms with Crippen molar-refractivity contribution >= 4 is 17.6 Å². The van der Waals surface area contributed by atoms with Crippen LogP contribution in [0.25, 0.3) is 5.78 Å². The highest BCUT2D eigenvalue weighted by Crippen LogP contribution is 2.25. The molecule has 0 spiro atoms. The van der Waals surface area contributed by atoms with Gasteiger partial charge in [-0.1, -0.05) is 32.9 Å². The van der Waals surface area contributed by atoms with Gasteiger partial charge in [0.2, 0.25) is 11.7 Å². The number of amides is 2. The minimum atomic E-state index is -0.615. The molecule has 1 aromatic carbocycles. The smallest absolute Gasteiger partial charge is 0.274 e. The Hall–Kier alpha value is -3.33. The molecule has 186 valence electrons. The average molecular weight is 481 g/mol. The molecule has 0 radical (unpaired) electrons. The Morgan fingerprint density at radius 1 is 1.26 bits per heavy atom. The van der Waals surface area contributed by atoms with Crippen molar-refractivity contribution in [3.63, 3.8) is 0 Å². The number of nitrogens with zero attached hydrogens (tertiary/aromatic N) is 5. The Morgan fingerprint density at radius 2 is 2.00 bits per heavy atom. The predicted octanol–water partition coefficient (Wildman–Crippen LogP) is 2.92. The number of benzene rings is 1. The largest absolute Gasteiger partial charge is 0.337 e. The molecule has 1 saturated heterocycles. The van der Waals surface area contributed by atoms with Gasteiger partial charge in [0.15, 0.2) is 0 Å². The molecule has 2 atom stereocenters. The van der Waals surface area contributed by atoms with E-state index in [2.05, 4.69) is 9.97 Å². The van der Waals surface area contributed by atoms with E-state index in [9.17, 15) is 14.0 Å². The van der Waals surface area contributed by atoms with E-state index < -0.39 is 6.04 Å². The minimum absolute atomic E-state index is 0.0807. The first kappa shape index (κ1) is 24.8. The third-order valence-electron chi connectivity index (χ3n) is 6.62. The molecular weight excluding hydrogens is 447 g/mol. The summed E-state index contributed by atoms with van der Waals surface area (Å²) in [5.74, 6) is -0.155. The summed E-state index contributed by atoms with van der Waals surface area (Å²) < 4.78 is 15.1. The molecule has 1 aliphatic rings. The third kappa shape index (κ3) is 5.67. The van der Waals surface area contributed by atoms with E-state index in [-0.39, 0.29) is 29.1 Å². The molecule has 2 amide bonds. The fourth-order valence-electron chi connectivity index (χ4n) is 4.41. The monoisotopic (exact) mass is 480 g/mol. The second-order valence-corrected chi connectivity index (χ2v) is 10.3. The van der Waals surface area contributed by atoms with Gasteiger partial charge in [-0.05, 0) is 48.4 Å². The number of aromatic nitrogens is 3. The van der Waals surface area contributed by atoms with Crippen molar-refractivity contribution in [2.45, 2.75) is 52.1 Å². The van der Waals surface area contributed by atoms with Gasteiger partial charge in [-0.15, -0.1) is 0 Å². The molecule has 3 heterocycles. The van der Waals surface area contributed by atoms with Crippen LogP contribution in [0, 0.1) is 11.2 Å². The summed E-state index contributed by atoms with van der Waals surface area (Å²) >= 11 is 0. The number of carbonyl (C=O) groups is 2. The zero-order valence-electron chi connectivity index (χ0n) is 20.5. The number of hydrogen-bond donors (Lipinski definition) is 1. The van der Waals surface area contributed by atoms with Crippen LogP contribution in [0.3, 0.4) is 0 Å². The number of rotatable bonds is 7. The number of carbonyl (C=O) groups excluding carboxylic acids is 2. The van der Waals surface area contributed by atoms with Gasteiger partial charge in [-0.2, -0.15) is 0 Å². The standard InChI is InChI=1S/C26H33FN6O2/c1-26(2,3)22(28)24(35)33-14-4-6-20(33)16-31(15-11-18-7-9-19(27)10-8-18)23(34)21-17-32-13-5-12-29-25(32)30-21/h5,7-10,12-13,17,20,22H,4,6,11,14-16,28H2,1-3H3/t20-,22+/m0/s1. The van der Waals surface area contributed by atoms with Crippen molar-refractivity contribution in [1.29, 1.82) is 0 Å². The topological polar surface area (TPSA) is 96.8 Å². The van der Waals surface area contributed by atoms with E-state index in [1.807, 2.05) is 25.7 Å². The average Bonchev–Trinajstić information content (AvgIpc) is 3.47. The molecule has 2 N–H and O–H groups in total. The summed E-state index contributed by atoms with van der Waals surface area (Å²) in [6, 6.07) is 7.32. The van der Waals surface area contributed by atoms with Crippen molar-refractivity contribution in [3.05, 3.63) is 66.0 Å². The number of nitrogens with two attached hydrogens (primary N) is 1. The van der Waals surface area contributed by atoms with E-state index in [0.29, 0.717) is 37.5 Å². The maximum Gasteiger partial charge on any atom is 0.274 e. The minimum Gasteiger partial charge on any atom is -0.337 e. The zero-order chi connectivity index (χ0) is 25.2. The Labute approximate surface area is 204 Å². The van der Waals surface area contributed by atoms with Gasteiger partial charge in [0, 0.05) is 44.3 Å². The molecule has 9 heteroatoms. The Bertz CT molecular complexity index is 1150. The van der Waals surface area contributed by atoms with E-state index in [0.717, 1.165) is 18.4 Å². The lowest BCUT2D eigenvalue weighted by Gasteiger charge is -2.35. The summed E-state index contributed by atoms with van der Waals surface area (Å²) in [5.41, 5.74) is 7.15. The summed E-state index contributed by atoms with van der Waals surface area (Å²) in [4.78, 5) is 38.9. The first-order valence-corrected chi connectivity index (χ1v) is 12.0. The molecule has 3 aromatic rings. The van der Waals surface area contributed by atoms with Crippen molar-refractivity contribution in [2.24, 2.45) is 11.1 Å². The van der Waals surface area contributed by atoms with Gasteiger partial charge < -0.3 is 15.5 Å². The van der Waals surface area contributed by atoms with Crippen LogP contribution >= 0.6 is 0 Å². The third-order valence-corrected chi connectivity index (χ3v) is 6.62. The maximum absolute atomic E-state index is 13.6. The number of likely N-dealkylation sites (tertiary alicyclic amines) is 1. The van der Waals surface area contributed by atoms with Crippen LogP contribution in [0.1, 0.15) is 49.7 Å². The molecule has 1 aliphatic heterocycles. The number of halogens is 1. The lowest BCUT2D eigenvalue weighted by atomic mass is 9.86. The molecule has 0 bridgehead atoms. The van der Waals surface area contributed by atoms with Crippen LogP contribution in [0.15, 0.2) is 48.9 Å². The second-order valence-electron chi connectivity index (χ2n) is 10.3. The van der Waals surface area contributed by atoms with Crippen molar-refractivity contribution in [2.75, 3.05) is 19.6 Å². The van der Waals surface area contributed by atoms with Gasteiger partial charge in [-0.25, -0.2) is 14.4 Å². The highest BCUT2D eigenvalue weighted by molar-refractivity contribution is 5.93. The molecule has 4 rings (SSSR count). The summed E-state index contributed by atoms with van der Waals surface area (Å²) in [6.45, 7) is 7.29. The molecule has 35 heavy (non-hydrogen) atoms. The van der Waals surface area contributed by atoms with Crippen LogP contribution in [0.2, 0.25) is 0 Å². The predicted molar refractivity (Wildman–Crippen MR) is 131 cm³/mol. The first-order valence-electron chi connectivity index (χ1n) is 12.0. The van der Waals surface area contributed by atoms with Crippen molar-refractivity contribution < 1.29 is 14.0 Å². The van der Waals surface area contributed by atoms with Crippen molar-refractivity contribution in [3.8, 4) is 0 Å². The molecule has 2 aromatic heterocycles. The Morgan fingerprint density at radius 3 is 2.69 bits per heavy atom. The van der Waals surface area contributed by atoms with Gasteiger partial charge in [0.05, 0.1) is 6.04 Å². The lowest BCUT2D eigenvalue weighted by molar-refractivity contribution is -0.136. The molecule has 0 aliphatic carbocycles. The fraction of sp³-hybridized carbons (Fsp3) is 0.462. The van der Waals surface area contributed by atoms with Crippen LogP contribution in [-0.4, -0.2) is 67.7 Å². The summed E-state index contributed by atoms with van der Waals surface area (Å²) in [5, 5.41) is 0. The quantitative estimate of drug-likeness (QED) is 0.561. The number of fused-ring (bicyclic) bond motifs is 1. The van der Waals surface area contributed by atoms with Gasteiger partial charge in [0.1, 0.15) is 11.5 Å². The van der Waals surface area contributed by atoms with Crippen LogP contribution in [0.5, 0.6) is 0 Å². The highest BCUT2D eigenvalue weighted by Gasteiger charge is 2.37. The van der Waals surface area contributed by atoms with Crippen LogP contribution in [-0.2, 0) is 11.2 Å². The van der Waals surface area contributed by atoms with Gasteiger partial charge in [0.25, 0.3) is 5.91 Å². The Balaban J connectivity index is 1.56. The number of hydrogen-bond acceptors (Lipinski definition) is 5. The SMILES string of the molecule is CC(C)(C)[C@H](N)C(=O)N1CCC[C@H]1CN(CCc1ccc(F)cc1)C(=O)c1cn2cccnc2n1. The molecule has 1 fully saturated rings. The van der Waals surface area contributed by atoms with Crippen LogP contribution in [0.4, 0.5) is 4.39 Å². The van der Waals surface area contributed by atoms with E-state index >= 15 is 0 Å². The first-order chi connectivity index (χ1) is 16.6. The van der Waals surface area contributed by atoms with Crippen LogP contribution < -0.4 is 5.73 Å². The van der Waals surface area contributed by atoms with E-state index in [4.69, 9.17) is 5.73 Å². The molecular formula is C26H33FN6O2. The maximum atomic E-state index is 13.6. The molecule has 8 nitrogen and oxygen atoms in total. The number of imidazole rings is 1. The van der Waals surface area contributed by atoms with E-state index in [1.54, 1.807) is 46.1 Å². The highest BCUT2D eigenvalue weighted by atomic mass is 19.1. The molecule has 0 unspecified atom stereocenters. The normalized spacial score (nSPS) is 17.1. The fourth-order valence-corrected chi connectivity index (χ4v) is 4.41. The summed E-state index contributed by atoms with van der Waals surface area (Å²) in [6.07, 6.45) is 7.31. The van der Waals surface area contributed by atoms with Crippen molar-refractivity contribution in [1.82, 2.24) is 24.2 Å². The van der Waals surface area contributed by atoms with Gasteiger partial charge >= 0.3 is 0 Å². The van der Waals surface area contributed by atoms with E-state index in [1.165, 1.54) is 12.1 Å². The molecule has 0 saturated carbocycles. The summed E-state index contributed by atoms with van der Waals surface area (Å²) in [7, 11) is 0. The Kier molecular flexibility index (Phi) is 7.16. The second kappa shape index (κ2) is 10.1. The lowest BCUT2D eigenvalue weighted by Crippen LogP contribution is -2.54. The van der Waals surface area contributed by atoms with Gasteiger partial charge in [-0.3, -0.25) is 14.0 Å². The zero-order valence-corrected chi connectivity index (χ0v) is 20.5.